The van der Waals surface area contributed by atoms with Crippen LogP contribution in [-0.4, -0.2) is 9.51 Å². The van der Waals surface area contributed by atoms with Gasteiger partial charge in [0, 0.05) is 22.8 Å². The average Bonchev–Trinajstić information content (AvgIpc) is 2.78. The van der Waals surface area contributed by atoms with E-state index in [1.54, 1.807) is 0 Å². The van der Waals surface area contributed by atoms with Crippen LogP contribution in [0.25, 0.3) is 16.8 Å². The Kier molecular flexibility index (Phi) is 2.65. The van der Waals surface area contributed by atoms with E-state index in [0.29, 0.717) is 0 Å². The van der Waals surface area contributed by atoms with Gasteiger partial charge in [0.1, 0.15) is 0 Å². The first-order chi connectivity index (χ1) is 8.81. The molecule has 0 spiro atoms. The van der Waals surface area contributed by atoms with Crippen LogP contribution < -0.4 is 0 Å². The van der Waals surface area contributed by atoms with Crippen LogP contribution in [0, 0.1) is 6.92 Å². The fourth-order valence-electron chi connectivity index (χ4n) is 2.44. The van der Waals surface area contributed by atoms with Crippen molar-refractivity contribution in [2.75, 3.05) is 0 Å². The topological polar surface area (TPSA) is 24.6 Å². The molecule has 0 fully saturated rings. The molecule has 90 valence electrons. The first kappa shape index (κ1) is 11.1. The predicted octanol–water partition coefficient (Wildman–Crippen LogP) is 3.41. The average molecular weight is 237 g/mol. The monoisotopic (exact) mass is 237 g/mol. The SMILES string of the molecule is Cc1ccccc1-c1c(CO)cc2ccccn12. The Morgan fingerprint density at radius 1 is 1.06 bits per heavy atom. The second-order valence-electron chi connectivity index (χ2n) is 4.49. The van der Waals surface area contributed by atoms with Crippen LogP contribution >= 0.6 is 0 Å². The van der Waals surface area contributed by atoms with E-state index in [9.17, 15) is 5.11 Å². The fourth-order valence-corrected chi connectivity index (χ4v) is 2.44. The lowest BCUT2D eigenvalue weighted by Crippen LogP contribution is -1.93. The minimum Gasteiger partial charge on any atom is -0.392 e. The molecular formula is C16H15NO. The van der Waals surface area contributed by atoms with E-state index in [2.05, 4.69) is 29.5 Å². The summed E-state index contributed by atoms with van der Waals surface area (Å²) in [6.07, 6.45) is 2.04. The van der Waals surface area contributed by atoms with Crippen molar-refractivity contribution in [2.45, 2.75) is 13.5 Å². The van der Waals surface area contributed by atoms with Gasteiger partial charge in [0.15, 0.2) is 0 Å². The van der Waals surface area contributed by atoms with Crippen molar-refractivity contribution in [3.8, 4) is 11.3 Å². The molecule has 2 heteroatoms. The Labute approximate surface area is 106 Å². The molecule has 0 aliphatic carbocycles. The first-order valence-corrected chi connectivity index (χ1v) is 6.07. The third-order valence-corrected chi connectivity index (χ3v) is 3.33. The molecule has 18 heavy (non-hydrogen) atoms. The molecule has 2 heterocycles. The van der Waals surface area contributed by atoms with E-state index in [0.717, 1.165) is 16.8 Å². The molecule has 0 radical (unpaired) electrons. The van der Waals surface area contributed by atoms with Gasteiger partial charge in [-0.05, 0) is 30.7 Å². The molecule has 0 amide bonds. The molecular weight excluding hydrogens is 222 g/mol. The van der Waals surface area contributed by atoms with Gasteiger partial charge in [-0.1, -0.05) is 30.3 Å². The Morgan fingerprint density at radius 2 is 1.83 bits per heavy atom. The zero-order valence-corrected chi connectivity index (χ0v) is 10.3. The molecule has 0 saturated heterocycles. The second kappa shape index (κ2) is 4.31. The molecule has 0 bridgehead atoms. The molecule has 0 aliphatic heterocycles. The molecule has 0 unspecified atom stereocenters. The normalized spacial score (nSPS) is 11.0. The van der Waals surface area contributed by atoms with Crippen LogP contribution in [0.5, 0.6) is 0 Å². The van der Waals surface area contributed by atoms with Crippen molar-refractivity contribution in [1.82, 2.24) is 4.40 Å². The van der Waals surface area contributed by atoms with E-state index in [-0.39, 0.29) is 6.61 Å². The van der Waals surface area contributed by atoms with Crippen molar-refractivity contribution >= 4 is 5.52 Å². The minimum atomic E-state index is 0.0609. The van der Waals surface area contributed by atoms with Crippen LogP contribution in [0.15, 0.2) is 54.7 Å². The lowest BCUT2D eigenvalue weighted by atomic mass is 10.0. The number of hydrogen-bond acceptors (Lipinski definition) is 1. The number of aliphatic hydroxyl groups is 1. The highest BCUT2D eigenvalue weighted by atomic mass is 16.3. The summed E-state index contributed by atoms with van der Waals surface area (Å²) in [5.41, 5.74) is 5.56. The third kappa shape index (κ3) is 1.62. The zero-order chi connectivity index (χ0) is 12.5. The minimum absolute atomic E-state index is 0.0609. The number of benzene rings is 1. The highest BCUT2D eigenvalue weighted by molar-refractivity contribution is 5.73. The quantitative estimate of drug-likeness (QED) is 0.725. The Balaban J connectivity index is 2.37. The summed E-state index contributed by atoms with van der Waals surface area (Å²) in [6, 6.07) is 16.4. The number of fused-ring (bicyclic) bond motifs is 1. The summed E-state index contributed by atoms with van der Waals surface area (Å²) in [7, 11) is 0. The van der Waals surface area contributed by atoms with Crippen LogP contribution in [0.2, 0.25) is 0 Å². The van der Waals surface area contributed by atoms with Gasteiger partial charge in [0.2, 0.25) is 0 Å². The van der Waals surface area contributed by atoms with Crippen molar-refractivity contribution in [3.05, 3.63) is 65.9 Å². The van der Waals surface area contributed by atoms with Crippen molar-refractivity contribution in [3.63, 3.8) is 0 Å². The van der Waals surface area contributed by atoms with Crippen LogP contribution in [0.1, 0.15) is 11.1 Å². The largest absolute Gasteiger partial charge is 0.392 e. The van der Waals surface area contributed by atoms with Gasteiger partial charge in [-0.15, -0.1) is 0 Å². The highest BCUT2D eigenvalue weighted by Crippen LogP contribution is 2.29. The lowest BCUT2D eigenvalue weighted by Gasteiger charge is -2.08. The van der Waals surface area contributed by atoms with Crippen molar-refractivity contribution < 1.29 is 5.11 Å². The summed E-state index contributed by atoms with van der Waals surface area (Å²) in [6.45, 7) is 2.16. The maximum atomic E-state index is 9.56. The number of aliphatic hydroxyl groups excluding tert-OH is 1. The van der Waals surface area contributed by atoms with Crippen molar-refractivity contribution in [2.24, 2.45) is 0 Å². The van der Waals surface area contributed by atoms with Gasteiger partial charge in [-0.2, -0.15) is 0 Å². The Hall–Kier alpha value is -2.06. The number of rotatable bonds is 2. The fraction of sp³-hybridized carbons (Fsp3) is 0.125. The summed E-state index contributed by atoms with van der Waals surface area (Å²) < 4.78 is 2.13. The molecule has 2 aromatic heterocycles. The molecule has 2 nitrogen and oxygen atoms in total. The summed E-state index contributed by atoms with van der Waals surface area (Å²) in [4.78, 5) is 0. The van der Waals surface area contributed by atoms with E-state index in [1.165, 1.54) is 11.1 Å². The van der Waals surface area contributed by atoms with Crippen molar-refractivity contribution in [1.29, 1.82) is 0 Å². The zero-order valence-electron chi connectivity index (χ0n) is 10.3. The maximum Gasteiger partial charge on any atom is 0.0703 e. The van der Waals surface area contributed by atoms with Gasteiger partial charge in [0.25, 0.3) is 0 Å². The van der Waals surface area contributed by atoms with E-state index < -0.39 is 0 Å². The van der Waals surface area contributed by atoms with E-state index in [4.69, 9.17) is 0 Å². The summed E-state index contributed by atoms with van der Waals surface area (Å²) >= 11 is 0. The van der Waals surface area contributed by atoms with Crippen LogP contribution in [0.3, 0.4) is 0 Å². The lowest BCUT2D eigenvalue weighted by molar-refractivity contribution is 0.282. The summed E-state index contributed by atoms with van der Waals surface area (Å²) in [5, 5.41) is 9.56. The number of hydrogen-bond donors (Lipinski definition) is 1. The van der Waals surface area contributed by atoms with Gasteiger partial charge in [0.05, 0.1) is 12.3 Å². The van der Waals surface area contributed by atoms with Gasteiger partial charge < -0.3 is 9.51 Å². The first-order valence-electron chi connectivity index (χ1n) is 6.07. The Bertz CT molecular complexity index is 697. The highest BCUT2D eigenvalue weighted by Gasteiger charge is 2.12. The number of pyridine rings is 1. The van der Waals surface area contributed by atoms with Gasteiger partial charge >= 0.3 is 0 Å². The molecule has 1 N–H and O–H groups in total. The standard InChI is InChI=1S/C16H15NO/c1-12-6-2-3-8-15(12)16-13(11-18)10-14-7-4-5-9-17(14)16/h2-10,18H,11H2,1H3. The predicted molar refractivity (Wildman–Crippen MR) is 73.5 cm³/mol. The molecule has 3 rings (SSSR count). The van der Waals surface area contributed by atoms with E-state index >= 15 is 0 Å². The molecule has 0 aliphatic rings. The number of aryl methyl sites for hydroxylation is 1. The van der Waals surface area contributed by atoms with E-state index in [1.807, 2.05) is 36.5 Å². The molecule has 3 aromatic rings. The Morgan fingerprint density at radius 3 is 2.61 bits per heavy atom. The molecule has 0 atom stereocenters. The number of aromatic nitrogens is 1. The second-order valence-corrected chi connectivity index (χ2v) is 4.49. The smallest absolute Gasteiger partial charge is 0.0703 e. The summed E-state index contributed by atoms with van der Waals surface area (Å²) in [5.74, 6) is 0. The molecule has 0 saturated carbocycles. The van der Waals surface area contributed by atoms with Crippen LogP contribution in [-0.2, 0) is 6.61 Å². The third-order valence-electron chi connectivity index (χ3n) is 3.33. The van der Waals surface area contributed by atoms with Gasteiger partial charge in [-0.3, -0.25) is 0 Å². The van der Waals surface area contributed by atoms with Gasteiger partial charge in [-0.25, -0.2) is 0 Å². The number of nitrogens with zero attached hydrogens (tertiary/aromatic N) is 1. The maximum absolute atomic E-state index is 9.56. The van der Waals surface area contributed by atoms with Crippen LogP contribution in [0.4, 0.5) is 0 Å². The molecule has 1 aromatic carbocycles.